The van der Waals surface area contributed by atoms with Gasteiger partial charge < -0.3 is 11.5 Å². The first-order valence-electron chi connectivity index (χ1n) is 4.16. The lowest BCUT2D eigenvalue weighted by atomic mass is 10.4. The van der Waals surface area contributed by atoms with Crippen LogP contribution in [0.3, 0.4) is 0 Å². The van der Waals surface area contributed by atoms with E-state index in [0.717, 1.165) is 18.7 Å². The Kier molecular flexibility index (Phi) is 14.6. The summed E-state index contributed by atoms with van der Waals surface area (Å²) in [5, 5.41) is 0. The second kappa shape index (κ2) is 12.8. The van der Waals surface area contributed by atoms with Crippen LogP contribution in [0.2, 0.25) is 0 Å². The molecule has 0 aromatic heterocycles. The van der Waals surface area contributed by atoms with Crippen molar-refractivity contribution in [3.8, 4) is 0 Å². The molecular weight excluding hydrogens is 148 g/mol. The average Bonchev–Trinajstić information content (AvgIpc) is 2.43. The van der Waals surface area contributed by atoms with Gasteiger partial charge in [-0.1, -0.05) is 44.7 Å². The van der Waals surface area contributed by atoms with Crippen LogP contribution in [-0.4, -0.2) is 13.1 Å². The molecule has 0 amide bonds. The predicted molar refractivity (Wildman–Crippen MR) is 56.9 cm³/mol. The van der Waals surface area contributed by atoms with Crippen LogP contribution in [0.5, 0.6) is 0 Å². The molecule has 0 spiro atoms. The van der Waals surface area contributed by atoms with E-state index in [4.69, 9.17) is 11.5 Å². The standard InChI is InChI=1S/C6H6.2C2H7N/c1-6-4-2-3-5-6;2*1-2-3/h2-5H,1H2;2*2-3H2,1H3. The molecule has 4 N–H and O–H groups in total. The summed E-state index contributed by atoms with van der Waals surface area (Å²) in [6.45, 7) is 8.99. The van der Waals surface area contributed by atoms with Crippen molar-refractivity contribution in [1.29, 1.82) is 0 Å². The van der Waals surface area contributed by atoms with Gasteiger partial charge in [-0.15, -0.1) is 0 Å². The van der Waals surface area contributed by atoms with E-state index in [-0.39, 0.29) is 0 Å². The zero-order chi connectivity index (χ0) is 9.82. The number of hydrogen-bond donors (Lipinski definition) is 2. The van der Waals surface area contributed by atoms with Crippen molar-refractivity contribution >= 4 is 0 Å². The Morgan fingerprint density at radius 1 is 1.08 bits per heavy atom. The van der Waals surface area contributed by atoms with Gasteiger partial charge in [0.2, 0.25) is 0 Å². The van der Waals surface area contributed by atoms with E-state index in [1.807, 2.05) is 38.2 Å². The van der Waals surface area contributed by atoms with Crippen molar-refractivity contribution in [3.63, 3.8) is 0 Å². The normalized spacial score (nSPS) is 11.5. The van der Waals surface area contributed by atoms with E-state index in [9.17, 15) is 0 Å². The Morgan fingerprint density at radius 3 is 1.42 bits per heavy atom. The number of hydrogen-bond acceptors (Lipinski definition) is 2. The molecule has 0 aromatic rings. The van der Waals surface area contributed by atoms with Crippen molar-refractivity contribution in [2.45, 2.75) is 13.8 Å². The van der Waals surface area contributed by atoms with Crippen LogP contribution in [0.1, 0.15) is 13.8 Å². The highest BCUT2D eigenvalue weighted by Gasteiger charge is 1.80. The van der Waals surface area contributed by atoms with E-state index in [2.05, 4.69) is 6.58 Å². The number of nitrogens with two attached hydrogens (primary N) is 2. The molecule has 0 saturated carbocycles. The van der Waals surface area contributed by atoms with Crippen LogP contribution in [0, 0.1) is 0 Å². The van der Waals surface area contributed by atoms with Gasteiger partial charge in [0, 0.05) is 0 Å². The highest BCUT2D eigenvalue weighted by molar-refractivity contribution is 5.37. The summed E-state index contributed by atoms with van der Waals surface area (Å²) in [4.78, 5) is 0. The Morgan fingerprint density at radius 2 is 1.33 bits per heavy atom. The molecule has 2 heteroatoms. The maximum absolute atomic E-state index is 4.85. The minimum absolute atomic E-state index is 0.750. The van der Waals surface area contributed by atoms with Crippen LogP contribution in [-0.2, 0) is 0 Å². The molecule has 0 aliphatic heterocycles. The van der Waals surface area contributed by atoms with Crippen LogP contribution in [0.15, 0.2) is 36.5 Å². The second-order valence-corrected chi connectivity index (χ2v) is 2.11. The summed E-state index contributed by atoms with van der Waals surface area (Å²) in [6, 6.07) is 0. The molecule has 2 nitrogen and oxygen atoms in total. The van der Waals surface area contributed by atoms with Crippen molar-refractivity contribution in [3.05, 3.63) is 36.5 Å². The molecule has 1 aliphatic rings. The highest BCUT2D eigenvalue weighted by Crippen LogP contribution is 2.01. The molecule has 12 heavy (non-hydrogen) atoms. The molecule has 1 aliphatic carbocycles. The van der Waals surface area contributed by atoms with Gasteiger partial charge in [-0.25, -0.2) is 0 Å². The average molecular weight is 168 g/mol. The van der Waals surface area contributed by atoms with Crippen molar-refractivity contribution in [1.82, 2.24) is 0 Å². The molecule has 0 radical (unpaired) electrons. The largest absolute Gasteiger partial charge is 0.331 e. The molecule has 1 rings (SSSR count). The van der Waals surface area contributed by atoms with E-state index < -0.39 is 0 Å². The van der Waals surface area contributed by atoms with Gasteiger partial charge in [-0.05, 0) is 18.7 Å². The molecule has 0 fully saturated rings. The van der Waals surface area contributed by atoms with E-state index in [1.165, 1.54) is 0 Å². The van der Waals surface area contributed by atoms with E-state index in [1.54, 1.807) is 0 Å². The van der Waals surface area contributed by atoms with E-state index >= 15 is 0 Å². The lowest BCUT2D eigenvalue weighted by Gasteiger charge is -1.71. The van der Waals surface area contributed by atoms with Crippen LogP contribution in [0.25, 0.3) is 0 Å². The third kappa shape index (κ3) is 16.1. The topological polar surface area (TPSA) is 52.0 Å². The predicted octanol–water partition coefficient (Wildman–Crippen LogP) is 1.60. The fourth-order valence-electron chi connectivity index (χ4n) is 0.414. The van der Waals surface area contributed by atoms with Gasteiger partial charge in [0.25, 0.3) is 0 Å². The van der Waals surface area contributed by atoms with Gasteiger partial charge in [0.05, 0.1) is 0 Å². The minimum atomic E-state index is 0.750. The SMILES string of the molecule is C=C1C=CC=C1.CCN.CCN. The van der Waals surface area contributed by atoms with Crippen molar-refractivity contribution < 1.29 is 0 Å². The Hall–Kier alpha value is -0.860. The summed E-state index contributed by atoms with van der Waals surface area (Å²) in [5.41, 5.74) is 10.8. The van der Waals surface area contributed by atoms with E-state index in [0.29, 0.717) is 0 Å². The zero-order valence-corrected chi connectivity index (χ0v) is 8.09. The van der Waals surface area contributed by atoms with Gasteiger partial charge >= 0.3 is 0 Å². The maximum Gasteiger partial charge on any atom is -0.0106 e. The lowest BCUT2D eigenvalue weighted by Crippen LogP contribution is -1.87. The fraction of sp³-hybridized carbons (Fsp3) is 0.400. The van der Waals surface area contributed by atoms with Gasteiger partial charge in [0.15, 0.2) is 0 Å². The Labute approximate surface area is 75.6 Å². The summed E-state index contributed by atoms with van der Waals surface area (Å²) in [5.74, 6) is 0. The molecule has 0 bridgehead atoms. The first-order valence-corrected chi connectivity index (χ1v) is 4.16. The summed E-state index contributed by atoms with van der Waals surface area (Å²) >= 11 is 0. The summed E-state index contributed by atoms with van der Waals surface area (Å²) in [6.07, 6.45) is 7.89. The Balaban J connectivity index is 0. The van der Waals surface area contributed by atoms with Gasteiger partial charge in [0.1, 0.15) is 0 Å². The molecule has 0 saturated heterocycles. The van der Waals surface area contributed by atoms with Gasteiger partial charge in [-0.2, -0.15) is 0 Å². The lowest BCUT2D eigenvalue weighted by molar-refractivity contribution is 1.14. The van der Waals surface area contributed by atoms with Crippen LogP contribution < -0.4 is 11.5 Å². The Bertz CT molecular complexity index is 130. The first-order chi connectivity index (χ1) is 5.72. The minimum Gasteiger partial charge on any atom is -0.331 e. The number of rotatable bonds is 0. The molecule has 0 atom stereocenters. The fourth-order valence-corrected chi connectivity index (χ4v) is 0.414. The van der Waals surface area contributed by atoms with Crippen molar-refractivity contribution in [2.24, 2.45) is 11.5 Å². The molecule has 0 aromatic carbocycles. The molecule has 70 valence electrons. The quantitative estimate of drug-likeness (QED) is 0.577. The monoisotopic (exact) mass is 168 g/mol. The summed E-state index contributed by atoms with van der Waals surface area (Å²) in [7, 11) is 0. The third-order valence-corrected chi connectivity index (χ3v) is 0.732. The molecular formula is C10H20N2. The maximum atomic E-state index is 4.85. The van der Waals surface area contributed by atoms with Crippen LogP contribution in [0.4, 0.5) is 0 Å². The summed E-state index contributed by atoms with van der Waals surface area (Å²) < 4.78 is 0. The first kappa shape index (κ1) is 13.7. The number of allylic oxidation sites excluding steroid dienone is 5. The third-order valence-electron chi connectivity index (χ3n) is 0.732. The van der Waals surface area contributed by atoms with Gasteiger partial charge in [-0.3, -0.25) is 0 Å². The zero-order valence-electron chi connectivity index (χ0n) is 8.09. The van der Waals surface area contributed by atoms with Crippen molar-refractivity contribution in [2.75, 3.05) is 13.1 Å². The molecule has 0 heterocycles. The van der Waals surface area contributed by atoms with Crippen LogP contribution >= 0.6 is 0 Å². The second-order valence-electron chi connectivity index (χ2n) is 2.11. The molecule has 0 unspecified atom stereocenters. The highest BCUT2D eigenvalue weighted by atomic mass is 14.5. The smallest absolute Gasteiger partial charge is 0.0106 e.